The first-order valence-electron chi connectivity index (χ1n) is 9.19. The maximum atomic E-state index is 12.2. The van der Waals surface area contributed by atoms with Gasteiger partial charge in [-0.25, -0.2) is 0 Å². The van der Waals surface area contributed by atoms with E-state index in [1.807, 2.05) is 31.2 Å². The predicted molar refractivity (Wildman–Crippen MR) is 110 cm³/mol. The van der Waals surface area contributed by atoms with E-state index in [9.17, 15) is 9.59 Å². The molecule has 154 valence electrons. The van der Waals surface area contributed by atoms with Gasteiger partial charge in [0.1, 0.15) is 25.2 Å². The molecule has 0 aliphatic heterocycles. The molecule has 1 atom stereocenters. The molecule has 29 heavy (non-hydrogen) atoms. The van der Waals surface area contributed by atoms with Gasteiger partial charge in [-0.1, -0.05) is 29.4 Å². The number of benzene rings is 2. The molecule has 2 aromatic carbocycles. The maximum absolute atomic E-state index is 12.2. The van der Waals surface area contributed by atoms with Gasteiger partial charge in [0.2, 0.25) is 0 Å². The van der Waals surface area contributed by atoms with Crippen LogP contribution < -0.4 is 14.8 Å². The van der Waals surface area contributed by atoms with Gasteiger partial charge in [0.25, 0.3) is 5.91 Å². The summed E-state index contributed by atoms with van der Waals surface area (Å²) in [5, 5.41) is 6.42. The fourth-order valence-electron chi connectivity index (χ4n) is 2.60. The molecule has 2 aromatic rings. The van der Waals surface area contributed by atoms with Crippen molar-refractivity contribution in [1.82, 2.24) is 5.32 Å². The highest BCUT2D eigenvalue weighted by atomic mass is 16.6. The van der Waals surface area contributed by atoms with E-state index in [1.165, 1.54) is 21.1 Å². The highest BCUT2D eigenvalue weighted by molar-refractivity contribution is 6.45. The van der Waals surface area contributed by atoms with Crippen molar-refractivity contribution in [3.8, 4) is 11.5 Å². The number of hydrogen-bond donors (Lipinski definition) is 1. The lowest BCUT2D eigenvalue weighted by Gasteiger charge is -2.15. The van der Waals surface area contributed by atoms with Crippen molar-refractivity contribution < 1.29 is 23.9 Å². The zero-order valence-corrected chi connectivity index (χ0v) is 17.3. The third-order valence-corrected chi connectivity index (χ3v) is 4.31. The van der Waals surface area contributed by atoms with Gasteiger partial charge in [-0.05, 0) is 50.1 Å². The molecule has 0 heterocycles. The number of carbonyl (C=O) groups excluding carboxylic acids is 2. The molecular formula is C22H26N2O5. The highest BCUT2D eigenvalue weighted by Gasteiger charge is 2.18. The van der Waals surface area contributed by atoms with Crippen LogP contribution in [0.1, 0.15) is 30.5 Å². The predicted octanol–water partition coefficient (Wildman–Crippen LogP) is 3.03. The molecule has 0 aromatic heterocycles. The van der Waals surface area contributed by atoms with Gasteiger partial charge in [-0.2, -0.15) is 0 Å². The summed E-state index contributed by atoms with van der Waals surface area (Å²) in [5.41, 5.74) is 2.46. The average molecular weight is 398 g/mol. The Balaban J connectivity index is 2.19. The molecule has 2 rings (SSSR count). The van der Waals surface area contributed by atoms with Gasteiger partial charge in [-0.15, -0.1) is 0 Å². The summed E-state index contributed by atoms with van der Waals surface area (Å²) in [7, 11) is 2.93. The SMILES string of the molecule is CNC(=O)C(=NOC)c1ccccc1COc1ccc(OC(C)C(C)=O)cc1C. The minimum absolute atomic E-state index is 0.0377. The number of aryl methyl sites for hydroxylation is 1. The first kappa shape index (κ1) is 21.9. The number of likely N-dealkylation sites (N-methyl/N-ethyl adjacent to an activating group) is 1. The van der Waals surface area contributed by atoms with E-state index < -0.39 is 6.10 Å². The first-order chi connectivity index (χ1) is 13.9. The number of Topliss-reactive ketones (excluding diaryl/α,β-unsaturated/α-hetero) is 1. The van der Waals surface area contributed by atoms with Crippen LogP contribution in [0.2, 0.25) is 0 Å². The Morgan fingerprint density at radius 3 is 2.52 bits per heavy atom. The fraction of sp³-hybridized carbons (Fsp3) is 0.318. The number of amides is 1. The zero-order chi connectivity index (χ0) is 21.4. The van der Waals surface area contributed by atoms with Crippen molar-refractivity contribution in [1.29, 1.82) is 0 Å². The molecular weight excluding hydrogens is 372 g/mol. The van der Waals surface area contributed by atoms with Gasteiger partial charge in [0.05, 0.1) is 0 Å². The van der Waals surface area contributed by atoms with E-state index in [2.05, 4.69) is 10.5 Å². The average Bonchev–Trinajstić information content (AvgIpc) is 2.71. The molecule has 0 spiro atoms. The van der Waals surface area contributed by atoms with Crippen LogP contribution in [0, 0.1) is 6.92 Å². The van der Waals surface area contributed by atoms with E-state index in [0.29, 0.717) is 17.1 Å². The minimum Gasteiger partial charge on any atom is -0.489 e. The maximum Gasteiger partial charge on any atom is 0.273 e. The summed E-state index contributed by atoms with van der Waals surface area (Å²) in [6, 6.07) is 12.7. The van der Waals surface area contributed by atoms with Gasteiger partial charge in [0.15, 0.2) is 17.6 Å². The standard InChI is InChI=1S/C22H26N2O5/c1-14-12-18(29-16(3)15(2)25)10-11-20(14)28-13-17-8-6-7-9-19(17)21(24-27-5)22(26)23-4/h6-12,16H,13H2,1-5H3,(H,23,26). The van der Waals surface area contributed by atoms with Crippen LogP contribution in [-0.2, 0) is 21.0 Å². The molecule has 1 unspecified atom stereocenters. The number of hydrogen-bond acceptors (Lipinski definition) is 6. The van der Waals surface area contributed by atoms with Crippen molar-refractivity contribution >= 4 is 17.4 Å². The second-order valence-corrected chi connectivity index (χ2v) is 6.45. The number of oxime groups is 1. The third kappa shape index (κ3) is 5.81. The van der Waals surface area contributed by atoms with Gasteiger partial charge < -0.3 is 19.6 Å². The summed E-state index contributed by atoms with van der Waals surface area (Å²) in [5.74, 6) is 0.890. The van der Waals surface area contributed by atoms with Crippen molar-refractivity contribution in [3.05, 3.63) is 59.2 Å². The molecule has 7 nitrogen and oxygen atoms in total. The van der Waals surface area contributed by atoms with Crippen LogP contribution in [0.25, 0.3) is 0 Å². The number of nitrogens with one attached hydrogen (secondary N) is 1. The van der Waals surface area contributed by atoms with Crippen LogP contribution in [0.5, 0.6) is 11.5 Å². The van der Waals surface area contributed by atoms with Crippen molar-refractivity contribution in [2.75, 3.05) is 14.2 Å². The molecule has 1 N–H and O–H groups in total. The molecule has 0 aliphatic rings. The molecule has 0 fully saturated rings. The summed E-state index contributed by atoms with van der Waals surface area (Å²) < 4.78 is 11.6. The van der Waals surface area contributed by atoms with Gasteiger partial charge in [0, 0.05) is 12.6 Å². The number of ether oxygens (including phenoxy) is 2. The second-order valence-electron chi connectivity index (χ2n) is 6.45. The molecule has 7 heteroatoms. The largest absolute Gasteiger partial charge is 0.489 e. The van der Waals surface area contributed by atoms with Crippen molar-refractivity contribution in [3.63, 3.8) is 0 Å². The van der Waals surface area contributed by atoms with Crippen LogP contribution in [0.4, 0.5) is 0 Å². The smallest absolute Gasteiger partial charge is 0.273 e. The molecule has 0 aliphatic carbocycles. The Morgan fingerprint density at radius 2 is 1.90 bits per heavy atom. The summed E-state index contributed by atoms with van der Waals surface area (Å²) in [4.78, 5) is 28.3. The topological polar surface area (TPSA) is 86.2 Å². The Hall–Kier alpha value is -3.35. The minimum atomic E-state index is -0.503. The lowest BCUT2D eigenvalue weighted by atomic mass is 10.0. The highest BCUT2D eigenvalue weighted by Crippen LogP contribution is 2.25. The first-order valence-corrected chi connectivity index (χ1v) is 9.19. The Labute approximate surface area is 170 Å². The number of ketones is 1. The van der Waals surface area contributed by atoms with Crippen LogP contribution in [-0.4, -0.2) is 37.7 Å². The zero-order valence-electron chi connectivity index (χ0n) is 17.3. The summed E-state index contributed by atoms with van der Waals surface area (Å²) in [6.07, 6.45) is -0.503. The van der Waals surface area contributed by atoms with Crippen LogP contribution in [0.15, 0.2) is 47.6 Å². The van der Waals surface area contributed by atoms with E-state index in [0.717, 1.165) is 11.1 Å². The van der Waals surface area contributed by atoms with Crippen molar-refractivity contribution in [2.24, 2.45) is 5.16 Å². The van der Waals surface area contributed by atoms with Gasteiger partial charge in [-0.3, -0.25) is 9.59 Å². The summed E-state index contributed by atoms with van der Waals surface area (Å²) >= 11 is 0. The molecule has 0 bridgehead atoms. The van der Waals surface area contributed by atoms with Gasteiger partial charge >= 0.3 is 0 Å². The molecule has 1 amide bonds. The Morgan fingerprint density at radius 1 is 1.17 bits per heavy atom. The van der Waals surface area contributed by atoms with E-state index in [4.69, 9.17) is 14.3 Å². The normalized spacial score (nSPS) is 12.1. The number of rotatable bonds is 9. The van der Waals surface area contributed by atoms with E-state index >= 15 is 0 Å². The lowest BCUT2D eigenvalue weighted by Crippen LogP contribution is -2.29. The Bertz CT molecular complexity index is 908. The van der Waals surface area contributed by atoms with Crippen LogP contribution >= 0.6 is 0 Å². The summed E-state index contributed by atoms with van der Waals surface area (Å²) in [6.45, 7) is 5.34. The number of carbonyl (C=O) groups is 2. The molecule has 0 saturated heterocycles. The Kier molecular flexibility index (Phi) is 7.77. The lowest BCUT2D eigenvalue weighted by molar-refractivity contribution is -0.122. The van der Waals surface area contributed by atoms with Crippen molar-refractivity contribution in [2.45, 2.75) is 33.5 Å². The quantitative estimate of drug-likeness (QED) is 0.518. The monoisotopic (exact) mass is 398 g/mol. The molecule has 0 radical (unpaired) electrons. The van der Waals surface area contributed by atoms with E-state index in [1.54, 1.807) is 25.1 Å². The second kappa shape index (κ2) is 10.3. The van der Waals surface area contributed by atoms with E-state index in [-0.39, 0.29) is 24.0 Å². The fourth-order valence-corrected chi connectivity index (χ4v) is 2.60. The number of nitrogens with zero attached hydrogens (tertiary/aromatic N) is 1. The van der Waals surface area contributed by atoms with Crippen LogP contribution in [0.3, 0.4) is 0 Å². The molecule has 0 saturated carbocycles. The third-order valence-electron chi connectivity index (χ3n) is 4.31.